The fraction of sp³-hybridized carbons (Fsp3) is 0.231. The number of amides is 1. The summed E-state index contributed by atoms with van der Waals surface area (Å²) in [6, 6.07) is 13.7. The molecule has 6 rings (SSSR count). The molecule has 0 bridgehead atoms. The van der Waals surface area contributed by atoms with E-state index in [1.165, 1.54) is 5.56 Å². The Morgan fingerprint density at radius 3 is 2.71 bits per heavy atom. The van der Waals surface area contributed by atoms with E-state index >= 15 is 0 Å². The smallest absolute Gasteiger partial charge is 0.254 e. The monoisotopic (exact) mass is 452 g/mol. The predicted octanol–water partition coefficient (Wildman–Crippen LogP) is 3.93. The maximum atomic E-state index is 12.8. The quantitative estimate of drug-likeness (QED) is 0.489. The summed E-state index contributed by atoms with van der Waals surface area (Å²) in [5.41, 5.74) is 6.97. The fourth-order valence-electron chi connectivity index (χ4n) is 4.65. The van der Waals surface area contributed by atoms with Gasteiger partial charge in [0.25, 0.3) is 5.91 Å². The maximum absolute atomic E-state index is 12.8. The lowest BCUT2D eigenvalue weighted by Crippen LogP contribution is -2.40. The molecule has 1 fully saturated rings. The summed E-state index contributed by atoms with van der Waals surface area (Å²) in [5, 5.41) is 11.6. The van der Waals surface area contributed by atoms with Crippen LogP contribution in [0.15, 0.2) is 61.1 Å². The van der Waals surface area contributed by atoms with Gasteiger partial charge in [-0.3, -0.25) is 14.2 Å². The van der Waals surface area contributed by atoms with Crippen molar-refractivity contribution < 1.29 is 9.53 Å². The van der Waals surface area contributed by atoms with Crippen LogP contribution in [-0.2, 0) is 11.2 Å². The van der Waals surface area contributed by atoms with Crippen LogP contribution in [0.4, 0.5) is 11.5 Å². The molecule has 2 aliphatic rings. The summed E-state index contributed by atoms with van der Waals surface area (Å²) >= 11 is 0. The average Bonchev–Trinajstić information content (AvgIpc) is 3.44. The van der Waals surface area contributed by atoms with Crippen molar-refractivity contribution in [2.45, 2.75) is 12.8 Å². The van der Waals surface area contributed by atoms with Crippen LogP contribution < -0.4 is 5.32 Å². The standard InChI is InChI=1S/C26H24N6O2/c27-22-8-5-19-15-20(6-7-21(19)22)29-25-24(30-23-16-28-9-10-32(23)25)17-1-3-18(4-2-17)26(33)31-11-13-34-14-12-31/h1-4,6-7,9-10,15-16,27,29H,5,8,11-14H2. The maximum Gasteiger partial charge on any atom is 0.254 e. The highest BCUT2D eigenvalue weighted by molar-refractivity contribution is 6.02. The Morgan fingerprint density at radius 2 is 1.88 bits per heavy atom. The van der Waals surface area contributed by atoms with E-state index in [4.69, 9.17) is 15.1 Å². The number of nitrogens with zero attached hydrogens (tertiary/aromatic N) is 4. The molecule has 1 saturated heterocycles. The van der Waals surface area contributed by atoms with E-state index in [-0.39, 0.29) is 5.91 Å². The number of benzene rings is 2. The average molecular weight is 453 g/mol. The van der Waals surface area contributed by atoms with Crippen molar-refractivity contribution in [1.29, 1.82) is 5.41 Å². The molecule has 1 aliphatic heterocycles. The third-order valence-electron chi connectivity index (χ3n) is 6.47. The summed E-state index contributed by atoms with van der Waals surface area (Å²) < 4.78 is 7.33. The van der Waals surface area contributed by atoms with Gasteiger partial charge in [0.1, 0.15) is 11.5 Å². The van der Waals surface area contributed by atoms with Gasteiger partial charge < -0.3 is 20.4 Å². The molecule has 0 radical (unpaired) electrons. The minimum Gasteiger partial charge on any atom is -0.378 e. The molecule has 0 unspecified atom stereocenters. The number of rotatable bonds is 4. The van der Waals surface area contributed by atoms with E-state index in [2.05, 4.69) is 16.4 Å². The lowest BCUT2D eigenvalue weighted by Gasteiger charge is -2.26. The molecule has 0 spiro atoms. The number of ether oxygens (including phenoxy) is 1. The number of aryl methyl sites for hydroxylation is 1. The summed E-state index contributed by atoms with van der Waals surface area (Å²) in [7, 11) is 0. The zero-order chi connectivity index (χ0) is 23.1. The molecule has 8 nitrogen and oxygen atoms in total. The van der Waals surface area contributed by atoms with Gasteiger partial charge in [0.2, 0.25) is 0 Å². The Bertz CT molecular complexity index is 1400. The SMILES string of the molecule is N=C1CCc2cc(Nc3c(-c4ccc(C(=O)N5CCOCC5)cc4)nc4cnccn34)ccc21. The van der Waals surface area contributed by atoms with Crippen molar-refractivity contribution >= 4 is 28.8 Å². The molecule has 2 N–H and O–H groups in total. The van der Waals surface area contributed by atoms with E-state index in [0.29, 0.717) is 37.6 Å². The molecule has 8 heteroatoms. The Hall–Kier alpha value is -4.04. The highest BCUT2D eigenvalue weighted by Crippen LogP contribution is 2.33. The van der Waals surface area contributed by atoms with Crippen molar-refractivity contribution in [3.8, 4) is 11.3 Å². The third kappa shape index (κ3) is 3.62. The lowest BCUT2D eigenvalue weighted by atomic mass is 10.1. The number of imidazole rings is 1. The van der Waals surface area contributed by atoms with Crippen LogP contribution in [0.1, 0.15) is 27.9 Å². The number of carbonyl (C=O) groups is 1. The summed E-state index contributed by atoms with van der Waals surface area (Å²) in [6.07, 6.45) is 7.04. The van der Waals surface area contributed by atoms with Crippen LogP contribution in [0.25, 0.3) is 16.9 Å². The first kappa shape index (κ1) is 20.6. The van der Waals surface area contributed by atoms with Gasteiger partial charge in [-0.25, -0.2) is 4.98 Å². The predicted molar refractivity (Wildman–Crippen MR) is 130 cm³/mol. The number of morpholine rings is 1. The number of carbonyl (C=O) groups excluding carboxylic acids is 1. The van der Waals surface area contributed by atoms with Crippen molar-refractivity contribution in [1.82, 2.24) is 19.3 Å². The molecule has 0 saturated carbocycles. The second-order valence-corrected chi connectivity index (χ2v) is 8.57. The van der Waals surface area contributed by atoms with E-state index in [1.807, 2.05) is 51.9 Å². The molecule has 3 heterocycles. The van der Waals surface area contributed by atoms with Crippen LogP contribution in [0, 0.1) is 5.41 Å². The number of anilines is 2. The van der Waals surface area contributed by atoms with Gasteiger partial charge in [0, 0.05) is 48.0 Å². The highest BCUT2D eigenvalue weighted by atomic mass is 16.5. The largest absolute Gasteiger partial charge is 0.378 e. The second-order valence-electron chi connectivity index (χ2n) is 8.57. The van der Waals surface area contributed by atoms with Gasteiger partial charge in [-0.2, -0.15) is 0 Å². The Kier molecular flexibility index (Phi) is 5.07. The van der Waals surface area contributed by atoms with Crippen LogP contribution in [0.3, 0.4) is 0 Å². The van der Waals surface area contributed by atoms with Gasteiger partial charge in [-0.1, -0.05) is 18.2 Å². The zero-order valence-electron chi connectivity index (χ0n) is 18.6. The van der Waals surface area contributed by atoms with Crippen LogP contribution in [-0.4, -0.2) is 57.2 Å². The first-order chi connectivity index (χ1) is 16.7. The summed E-state index contributed by atoms with van der Waals surface area (Å²) in [5.74, 6) is 0.855. The molecule has 34 heavy (non-hydrogen) atoms. The van der Waals surface area contributed by atoms with Crippen molar-refractivity contribution in [3.63, 3.8) is 0 Å². The molecule has 170 valence electrons. The second kappa shape index (κ2) is 8.39. The third-order valence-corrected chi connectivity index (χ3v) is 6.47. The van der Waals surface area contributed by atoms with Gasteiger partial charge in [0.15, 0.2) is 5.65 Å². The zero-order valence-corrected chi connectivity index (χ0v) is 18.6. The summed E-state index contributed by atoms with van der Waals surface area (Å²) in [6.45, 7) is 2.40. The normalized spacial score (nSPS) is 15.5. The van der Waals surface area contributed by atoms with Crippen molar-refractivity contribution in [3.05, 3.63) is 77.7 Å². The molecule has 1 amide bonds. The first-order valence-corrected chi connectivity index (χ1v) is 11.4. The van der Waals surface area contributed by atoms with Gasteiger partial charge >= 0.3 is 0 Å². The van der Waals surface area contributed by atoms with Crippen molar-refractivity contribution in [2.75, 3.05) is 31.6 Å². The molecular formula is C26H24N6O2. The van der Waals surface area contributed by atoms with Crippen LogP contribution in [0.2, 0.25) is 0 Å². The van der Waals surface area contributed by atoms with E-state index in [1.54, 1.807) is 12.4 Å². The number of fused-ring (bicyclic) bond motifs is 2. The molecule has 4 aromatic rings. The highest BCUT2D eigenvalue weighted by Gasteiger charge is 2.21. The number of hydrogen-bond donors (Lipinski definition) is 2. The fourth-order valence-corrected chi connectivity index (χ4v) is 4.65. The molecule has 0 atom stereocenters. The van der Waals surface area contributed by atoms with E-state index in [9.17, 15) is 4.79 Å². The van der Waals surface area contributed by atoms with Crippen LogP contribution in [0.5, 0.6) is 0 Å². The Morgan fingerprint density at radius 1 is 1.06 bits per heavy atom. The van der Waals surface area contributed by atoms with Crippen LogP contribution >= 0.6 is 0 Å². The van der Waals surface area contributed by atoms with E-state index < -0.39 is 0 Å². The van der Waals surface area contributed by atoms with Crippen molar-refractivity contribution in [2.24, 2.45) is 0 Å². The van der Waals surface area contributed by atoms with Gasteiger partial charge in [0.05, 0.1) is 19.4 Å². The topological polar surface area (TPSA) is 95.6 Å². The minimum atomic E-state index is 0.0242. The minimum absolute atomic E-state index is 0.0242. The molecule has 2 aromatic heterocycles. The van der Waals surface area contributed by atoms with Gasteiger partial charge in [-0.05, 0) is 48.2 Å². The number of aromatic nitrogens is 3. The van der Waals surface area contributed by atoms with Gasteiger partial charge in [-0.15, -0.1) is 0 Å². The first-order valence-electron chi connectivity index (χ1n) is 11.4. The lowest BCUT2D eigenvalue weighted by molar-refractivity contribution is 0.0303. The summed E-state index contributed by atoms with van der Waals surface area (Å²) in [4.78, 5) is 23.7. The Balaban J connectivity index is 1.34. The molecule has 1 aliphatic carbocycles. The molecule has 2 aromatic carbocycles. The molecular weight excluding hydrogens is 428 g/mol. The number of nitrogens with one attached hydrogen (secondary N) is 2. The Labute approximate surface area is 196 Å². The van der Waals surface area contributed by atoms with E-state index in [0.717, 1.165) is 46.8 Å². The number of hydrogen-bond acceptors (Lipinski definition) is 6.